The monoisotopic (exact) mass is 451 g/mol. The maximum Gasteiger partial charge on any atom is 0.327 e. The average Bonchev–Trinajstić information content (AvgIpc) is 2.50. The van der Waals surface area contributed by atoms with Crippen LogP contribution in [0, 0.1) is 0 Å². The molecule has 0 aliphatic heterocycles. The van der Waals surface area contributed by atoms with Gasteiger partial charge in [-0.05, 0) is 43.3 Å². The molecule has 0 aliphatic carbocycles. The number of carboxylic acid groups (broad SMARTS) is 1. The predicted molar refractivity (Wildman–Crippen MR) is 97.4 cm³/mol. The van der Waals surface area contributed by atoms with E-state index in [1.807, 2.05) is 0 Å². The van der Waals surface area contributed by atoms with E-state index >= 15 is 0 Å². The van der Waals surface area contributed by atoms with Crippen molar-refractivity contribution in [2.24, 2.45) is 0 Å². The number of benzene rings is 2. The van der Waals surface area contributed by atoms with E-state index in [0.717, 1.165) is 4.31 Å². The second-order valence-electron chi connectivity index (χ2n) is 4.84. The lowest BCUT2D eigenvalue weighted by molar-refractivity contribution is -0.137. The highest BCUT2D eigenvalue weighted by molar-refractivity contribution is 9.10. The van der Waals surface area contributed by atoms with Crippen LogP contribution in [0.3, 0.4) is 0 Å². The molecule has 0 fully saturated rings. The number of halogens is 3. The Bertz CT molecular complexity index is 851. The SMILES string of the molecule is CC(C(=O)O)N(c1c(Cl)cccc1Cl)S(=O)(=O)c1ccc(Br)cc1. The first kappa shape index (κ1) is 19.1. The maximum absolute atomic E-state index is 13.0. The molecule has 5 nitrogen and oxygen atoms in total. The molecule has 0 spiro atoms. The van der Waals surface area contributed by atoms with E-state index < -0.39 is 22.0 Å². The number of para-hydroxylation sites is 1. The third-order valence-electron chi connectivity index (χ3n) is 3.24. The molecule has 1 atom stereocenters. The molecule has 2 rings (SSSR count). The summed E-state index contributed by atoms with van der Waals surface area (Å²) in [7, 11) is -4.20. The molecule has 0 radical (unpaired) electrons. The van der Waals surface area contributed by atoms with Gasteiger partial charge in [0.15, 0.2) is 0 Å². The zero-order chi connectivity index (χ0) is 18.1. The van der Waals surface area contributed by atoms with E-state index in [9.17, 15) is 18.3 Å². The van der Waals surface area contributed by atoms with Crippen LogP contribution in [0.2, 0.25) is 10.0 Å². The molecule has 24 heavy (non-hydrogen) atoms. The summed E-state index contributed by atoms with van der Waals surface area (Å²) in [5, 5.41) is 9.43. The third kappa shape index (κ3) is 3.69. The summed E-state index contributed by atoms with van der Waals surface area (Å²) in [5.74, 6) is -1.33. The molecule has 0 aromatic heterocycles. The lowest BCUT2D eigenvalue weighted by Gasteiger charge is -2.29. The summed E-state index contributed by atoms with van der Waals surface area (Å²) in [6.07, 6.45) is 0. The molecule has 9 heteroatoms. The molecule has 0 saturated carbocycles. The van der Waals surface area contributed by atoms with Gasteiger partial charge in [0.25, 0.3) is 10.0 Å². The van der Waals surface area contributed by atoms with Gasteiger partial charge in [0.1, 0.15) is 6.04 Å². The normalized spacial score (nSPS) is 12.7. The summed E-state index contributed by atoms with van der Waals surface area (Å²) in [4.78, 5) is 11.4. The second kappa shape index (κ2) is 7.31. The fourth-order valence-electron chi connectivity index (χ4n) is 2.04. The molecular weight excluding hydrogens is 441 g/mol. The number of sulfonamides is 1. The number of hydrogen-bond acceptors (Lipinski definition) is 3. The fraction of sp³-hybridized carbons (Fsp3) is 0.133. The van der Waals surface area contributed by atoms with Crippen molar-refractivity contribution in [3.05, 3.63) is 57.0 Å². The Morgan fingerprint density at radius 1 is 1.12 bits per heavy atom. The Kier molecular flexibility index (Phi) is 5.80. The molecule has 0 saturated heterocycles. The van der Waals surface area contributed by atoms with Crippen LogP contribution < -0.4 is 4.31 Å². The standard InChI is InChI=1S/C15H12BrCl2NO4S/c1-9(15(20)21)19(14-12(17)3-2-4-13(14)18)24(22,23)11-7-5-10(16)6-8-11/h2-9H,1H3,(H,20,21). The quantitative estimate of drug-likeness (QED) is 0.728. The highest BCUT2D eigenvalue weighted by Gasteiger charge is 2.35. The van der Waals surface area contributed by atoms with Gasteiger partial charge in [-0.15, -0.1) is 0 Å². The van der Waals surface area contributed by atoms with Crippen LogP contribution in [0.25, 0.3) is 0 Å². The van der Waals surface area contributed by atoms with E-state index in [-0.39, 0.29) is 20.6 Å². The molecule has 0 heterocycles. The van der Waals surface area contributed by atoms with Gasteiger partial charge in [-0.2, -0.15) is 0 Å². The maximum atomic E-state index is 13.0. The first-order valence-corrected chi connectivity index (χ1v) is 9.62. The van der Waals surface area contributed by atoms with E-state index in [1.165, 1.54) is 31.2 Å². The molecule has 0 bridgehead atoms. The Balaban J connectivity index is 2.71. The van der Waals surface area contributed by atoms with Crippen LogP contribution in [-0.4, -0.2) is 25.5 Å². The van der Waals surface area contributed by atoms with Gasteiger partial charge in [0.2, 0.25) is 0 Å². The lowest BCUT2D eigenvalue weighted by Crippen LogP contribution is -2.43. The van der Waals surface area contributed by atoms with Crippen LogP contribution in [-0.2, 0) is 14.8 Å². The van der Waals surface area contributed by atoms with E-state index in [1.54, 1.807) is 18.2 Å². The Morgan fingerprint density at radius 3 is 2.08 bits per heavy atom. The minimum Gasteiger partial charge on any atom is -0.480 e. The number of aliphatic carboxylic acids is 1. The predicted octanol–water partition coefficient (Wildman–Crippen LogP) is 4.42. The number of hydrogen-bond donors (Lipinski definition) is 1. The van der Waals surface area contributed by atoms with Gasteiger partial charge in [0.05, 0.1) is 20.6 Å². The van der Waals surface area contributed by atoms with Crippen LogP contribution in [0.4, 0.5) is 5.69 Å². The molecule has 128 valence electrons. The summed E-state index contributed by atoms with van der Waals surface area (Å²) in [6, 6.07) is 8.86. The minimum absolute atomic E-state index is 0.0382. The van der Waals surface area contributed by atoms with Gasteiger partial charge in [0, 0.05) is 4.47 Å². The van der Waals surface area contributed by atoms with Gasteiger partial charge in [-0.25, -0.2) is 17.5 Å². The third-order valence-corrected chi connectivity index (χ3v) is 6.26. The molecule has 0 amide bonds. The van der Waals surface area contributed by atoms with Gasteiger partial charge in [-0.1, -0.05) is 45.2 Å². The molecule has 2 aromatic rings. The number of carboxylic acids is 1. The highest BCUT2D eigenvalue weighted by Crippen LogP contribution is 2.38. The minimum atomic E-state index is -4.20. The fourth-order valence-corrected chi connectivity index (χ4v) is 4.64. The van der Waals surface area contributed by atoms with E-state index in [0.29, 0.717) is 4.47 Å². The lowest BCUT2D eigenvalue weighted by atomic mass is 10.2. The van der Waals surface area contributed by atoms with Crippen molar-refractivity contribution in [3.8, 4) is 0 Å². The molecule has 1 N–H and O–H groups in total. The second-order valence-corrected chi connectivity index (χ2v) is 8.38. The number of rotatable bonds is 5. The van der Waals surface area contributed by atoms with Gasteiger partial charge in [-0.3, -0.25) is 0 Å². The molecular formula is C15H12BrCl2NO4S. The van der Waals surface area contributed by atoms with Crippen molar-refractivity contribution in [1.29, 1.82) is 0 Å². The van der Waals surface area contributed by atoms with Crippen molar-refractivity contribution in [3.63, 3.8) is 0 Å². The number of anilines is 1. The van der Waals surface area contributed by atoms with Crippen LogP contribution in [0.5, 0.6) is 0 Å². The zero-order valence-electron chi connectivity index (χ0n) is 12.3. The first-order chi connectivity index (χ1) is 11.2. The van der Waals surface area contributed by atoms with Crippen LogP contribution >= 0.6 is 39.1 Å². The molecule has 1 unspecified atom stereocenters. The number of nitrogens with zero attached hydrogens (tertiary/aromatic N) is 1. The largest absolute Gasteiger partial charge is 0.480 e. The van der Waals surface area contributed by atoms with E-state index in [4.69, 9.17) is 23.2 Å². The van der Waals surface area contributed by atoms with E-state index in [2.05, 4.69) is 15.9 Å². The van der Waals surface area contributed by atoms with Crippen LogP contribution in [0.1, 0.15) is 6.92 Å². The summed E-state index contributed by atoms with van der Waals surface area (Å²) >= 11 is 15.4. The summed E-state index contributed by atoms with van der Waals surface area (Å²) < 4.78 is 27.5. The Labute approximate surface area is 158 Å². The number of carbonyl (C=O) groups is 1. The summed E-state index contributed by atoms with van der Waals surface area (Å²) in [5.41, 5.74) is -0.0707. The average molecular weight is 453 g/mol. The Morgan fingerprint density at radius 2 is 1.62 bits per heavy atom. The molecule has 2 aromatic carbocycles. The van der Waals surface area contributed by atoms with Crippen molar-refractivity contribution < 1.29 is 18.3 Å². The van der Waals surface area contributed by atoms with Gasteiger partial charge >= 0.3 is 5.97 Å². The van der Waals surface area contributed by atoms with Crippen LogP contribution in [0.15, 0.2) is 51.8 Å². The topological polar surface area (TPSA) is 74.7 Å². The van der Waals surface area contributed by atoms with Crippen molar-refractivity contribution in [2.75, 3.05) is 4.31 Å². The smallest absolute Gasteiger partial charge is 0.327 e. The van der Waals surface area contributed by atoms with Gasteiger partial charge < -0.3 is 5.11 Å². The van der Waals surface area contributed by atoms with Crippen molar-refractivity contribution >= 4 is 60.8 Å². The van der Waals surface area contributed by atoms with Crippen molar-refractivity contribution in [1.82, 2.24) is 0 Å². The first-order valence-electron chi connectivity index (χ1n) is 6.63. The highest BCUT2D eigenvalue weighted by atomic mass is 79.9. The molecule has 0 aliphatic rings. The summed E-state index contributed by atoms with van der Waals surface area (Å²) in [6.45, 7) is 1.25. The zero-order valence-corrected chi connectivity index (χ0v) is 16.2. The Hall–Kier alpha value is -1.28. The van der Waals surface area contributed by atoms with Crippen molar-refractivity contribution in [2.45, 2.75) is 17.9 Å².